The van der Waals surface area contributed by atoms with Crippen LogP contribution < -0.4 is 4.74 Å². The van der Waals surface area contributed by atoms with Crippen molar-refractivity contribution in [1.82, 2.24) is 9.55 Å². The maximum Gasteiger partial charge on any atom is 0.135 e. The van der Waals surface area contributed by atoms with Crippen molar-refractivity contribution in [3.63, 3.8) is 0 Å². The van der Waals surface area contributed by atoms with Gasteiger partial charge in [0.2, 0.25) is 0 Å². The average Bonchev–Trinajstić information content (AvgIpc) is 2.84. The minimum absolute atomic E-state index is 0.274. The van der Waals surface area contributed by atoms with E-state index in [-0.39, 0.29) is 12.4 Å². The molecule has 0 aliphatic heterocycles. The molecule has 0 aliphatic rings. The van der Waals surface area contributed by atoms with Crippen molar-refractivity contribution in [2.75, 3.05) is 13.2 Å². The molecule has 4 nitrogen and oxygen atoms in total. The van der Waals surface area contributed by atoms with E-state index >= 15 is 0 Å². The van der Waals surface area contributed by atoms with Gasteiger partial charge in [0.15, 0.2) is 0 Å². The topological polar surface area (TPSA) is 47.3 Å². The number of hydrogen-bond donors (Lipinski definition) is 1. The summed E-state index contributed by atoms with van der Waals surface area (Å²) in [5.41, 5.74) is 0.432. The van der Waals surface area contributed by atoms with Crippen LogP contribution in [0.3, 0.4) is 0 Å². The maximum atomic E-state index is 13.2. The van der Waals surface area contributed by atoms with Gasteiger partial charge in [-0.3, -0.25) is 0 Å². The van der Waals surface area contributed by atoms with Crippen molar-refractivity contribution in [3.8, 4) is 17.6 Å². The molecule has 0 spiro atoms. The molecule has 0 saturated heterocycles. The quantitative estimate of drug-likeness (QED) is 0.864. The minimum atomic E-state index is -0.384. The van der Waals surface area contributed by atoms with Crippen LogP contribution in [0.25, 0.3) is 0 Å². The Morgan fingerprint density at radius 3 is 3.00 bits per heavy atom. The van der Waals surface area contributed by atoms with Crippen LogP contribution in [0.5, 0.6) is 5.75 Å². The van der Waals surface area contributed by atoms with Crippen LogP contribution in [0.15, 0.2) is 30.6 Å². The van der Waals surface area contributed by atoms with Gasteiger partial charge in [-0.25, -0.2) is 9.37 Å². The Kier molecular flexibility index (Phi) is 4.75. The predicted molar refractivity (Wildman–Crippen MR) is 72.8 cm³/mol. The van der Waals surface area contributed by atoms with Gasteiger partial charge in [0.25, 0.3) is 0 Å². The fourth-order valence-electron chi connectivity index (χ4n) is 1.75. The first-order valence-electron chi connectivity index (χ1n) is 6.20. The van der Waals surface area contributed by atoms with Crippen LogP contribution in [0.4, 0.5) is 4.39 Å². The smallest absolute Gasteiger partial charge is 0.135 e. The molecule has 0 radical (unpaired) electrons. The Bertz CT molecular complexity index is 641. The molecule has 1 N–H and O–H groups in total. The number of aromatic nitrogens is 2. The zero-order chi connectivity index (χ0) is 14.4. The molecule has 1 aromatic heterocycles. The fraction of sp³-hybridized carbons (Fsp3) is 0.267. The summed E-state index contributed by atoms with van der Waals surface area (Å²) in [7, 11) is 0. The molecular weight excluding hydrogens is 259 g/mol. The number of benzene rings is 1. The van der Waals surface area contributed by atoms with Crippen LogP contribution in [-0.2, 0) is 6.54 Å². The fourth-order valence-corrected chi connectivity index (χ4v) is 1.75. The molecule has 2 aromatic rings. The molecule has 0 aliphatic carbocycles. The van der Waals surface area contributed by atoms with Crippen LogP contribution >= 0.6 is 0 Å². The normalized spacial score (nSPS) is 9.95. The van der Waals surface area contributed by atoms with E-state index in [0.717, 1.165) is 5.82 Å². The monoisotopic (exact) mass is 274 g/mol. The van der Waals surface area contributed by atoms with E-state index < -0.39 is 0 Å². The number of aliphatic hydroxyl groups is 1. The Morgan fingerprint density at radius 2 is 2.30 bits per heavy atom. The van der Waals surface area contributed by atoms with Crippen molar-refractivity contribution in [2.24, 2.45) is 0 Å². The lowest BCUT2D eigenvalue weighted by atomic mass is 10.2. The first-order valence-corrected chi connectivity index (χ1v) is 6.20. The zero-order valence-corrected chi connectivity index (χ0v) is 11.1. The van der Waals surface area contributed by atoms with E-state index in [2.05, 4.69) is 16.8 Å². The second-order valence-electron chi connectivity index (χ2n) is 4.12. The third kappa shape index (κ3) is 3.59. The molecule has 104 valence electrons. The molecule has 1 heterocycles. The highest BCUT2D eigenvalue weighted by atomic mass is 19.1. The SMILES string of the molecule is Cc1nccn1CCOc1ccc(F)cc1C#CCO. The van der Waals surface area contributed by atoms with Crippen LogP contribution in [-0.4, -0.2) is 27.9 Å². The summed E-state index contributed by atoms with van der Waals surface area (Å²) in [4.78, 5) is 4.12. The van der Waals surface area contributed by atoms with Crippen LogP contribution in [0, 0.1) is 24.6 Å². The lowest BCUT2D eigenvalue weighted by Gasteiger charge is -2.09. The summed E-state index contributed by atoms with van der Waals surface area (Å²) in [6.07, 6.45) is 3.60. The lowest BCUT2D eigenvalue weighted by Crippen LogP contribution is -2.09. The highest BCUT2D eigenvalue weighted by Gasteiger charge is 2.04. The van der Waals surface area contributed by atoms with Crippen molar-refractivity contribution in [1.29, 1.82) is 0 Å². The van der Waals surface area contributed by atoms with Gasteiger partial charge in [0.1, 0.15) is 30.6 Å². The van der Waals surface area contributed by atoms with Crippen molar-refractivity contribution < 1.29 is 14.2 Å². The third-order valence-corrected chi connectivity index (χ3v) is 2.76. The summed E-state index contributed by atoms with van der Waals surface area (Å²) in [5, 5.41) is 8.70. The predicted octanol–water partition coefficient (Wildman–Crippen LogP) is 1.75. The highest BCUT2D eigenvalue weighted by molar-refractivity contribution is 5.46. The van der Waals surface area contributed by atoms with E-state index in [9.17, 15) is 4.39 Å². The van der Waals surface area contributed by atoms with Gasteiger partial charge in [-0.1, -0.05) is 11.8 Å². The van der Waals surface area contributed by atoms with Gasteiger partial charge < -0.3 is 14.4 Å². The van der Waals surface area contributed by atoms with E-state index in [1.807, 2.05) is 17.7 Å². The minimum Gasteiger partial charge on any atom is -0.490 e. The molecule has 2 rings (SSSR count). The number of aryl methyl sites for hydroxylation is 1. The summed E-state index contributed by atoms with van der Waals surface area (Å²) in [6.45, 7) is 2.72. The first-order chi connectivity index (χ1) is 9.70. The largest absolute Gasteiger partial charge is 0.490 e. The van der Waals surface area contributed by atoms with Gasteiger partial charge >= 0.3 is 0 Å². The Balaban J connectivity index is 2.03. The average molecular weight is 274 g/mol. The molecule has 0 bridgehead atoms. The molecular formula is C15H15FN2O2. The number of hydrogen-bond acceptors (Lipinski definition) is 3. The molecule has 0 unspecified atom stereocenters. The summed E-state index contributed by atoms with van der Waals surface area (Å²) < 4.78 is 20.8. The van der Waals surface area contributed by atoms with Gasteiger partial charge in [0.05, 0.1) is 12.1 Å². The van der Waals surface area contributed by atoms with E-state index in [1.54, 1.807) is 6.20 Å². The Morgan fingerprint density at radius 1 is 1.45 bits per heavy atom. The number of halogens is 1. The van der Waals surface area contributed by atoms with E-state index in [0.29, 0.717) is 24.5 Å². The number of nitrogens with zero attached hydrogens (tertiary/aromatic N) is 2. The number of rotatable bonds is 4. The first kappa shape index (κ1) is 14.1. The van der Waals surface area contributed by atoms with Gasteiger partial charge in [-0.05, 0) is 25.1 Å². The van der Waals surface area contributed by atoms with Crippen molar-refractivity contribution in [3.05, 3.63) is 47.8 Å². The third-order valence-electron chi connectivity index (χ3n) is 2.76. The summed E-state index contributed by atoms with van der Waals surface area (Å²) in [6, 6.07) is 4.15. The Hall–Kier alpha value is -2.32. The number of aliphatic hydroxyl groups excluding tert-OH is 1. The molecule has 0 saturated carbocycles. The standard InChI is InChI=1S/C15H15FN2O2/c1-12-17-6-7-18(12)8-10-20-15-5-4-14(16)11-13(15)3-2-9-19/h4-7,11,19H,8-10H2,1H3. The van der Waals surface area contributed by atoms with Gasteiger partial charge in [-0.2, -0.15) is 0 Å². The van der Waals surface area contributed by atoms with Crippen LogP contribution in [0.2, 0.25) is 0 Å². The lowest BCUT2D eigenvalue weighted by molar-refractivity contribution is 0.296. The Labute approximate surface area is 116 Å². The molecule has 1 aromatic carbocycles. The second-order valence-corrected chi connectivity index (χ2v) is 4.12. The van der Waals surface area contributed by atoms with E-state index in [4.69, 9.17) is 9.84 Å². The van der Waals surface area contributed by atoms with Crippen molar-refractivity contribution >= 4 is 0 Å². The summed E-state index contributed by atoms with van der Waals surface area (Å²) in [5.74, 6) is 6.19. The molecule has 5 heteroatoms. The van der Waals surface area contributed by atoms with E-state index in [1.165, 1.54) is 18.2 Å². The second kappa shape index (κ2) is 6.73. The molecule has 20 heavy (non-hydrogen) atoms. The highest BCUT2D eigenvalue weighted by Crippen LogP contribution is 2.18. The van der Waals surface area contributed by atoms with Crippen LogP contribution in [0.1, 0.15) is 11.4 Å². The number of ether oxygens (including phenoxy) is 1. The van der Waals surface area contributed by atoms with Gasteiger partial charge in [0, 0.05) is 12.4 Å². The molecule has 0 fully saturated rings. The number of imidazole rings is 1. The van der Waals surface area contributed by atoms with Crippen molar-refractivity contribution in [2.45, 2.75) is 13.5 Å². The summed E-state index contributed by atoms with van der Waals surface area (Å²) >= 11 is 0. The van der Waals surface area contributed by atoms with Gasteiger partial charge in [-0.15, -0.1) is 0 Å². The zero-order valence-electron chi connectivity index (χ0n) is 11.1. The molecule has 0 atom stereocenters. The maximum absolute atomic E-state index is 13.2. The molecule has 0 amide bonds.